The Balaban J connectivity index is 1.01. The number of furan rings is 2. The van der Waals surface area contributed by atoms with Gasteiger partial charge in [-0.2, -0.15) is 0 Å². The summed E-state index contributed by atoms with van der Waals surface area (Å²) >= 11 is 0. The standard InChI is InChI=1S/C54H34O2/c1-2-11-35(12-3-1)40-13-8-14-41(31-40)44-33-42(36-23-27-38(28-24-36)45-17-9-19-49-47-15-4-6-21-51(47)55-53(45)49)32-43(34-44)37-25-29-39(30-26-37)46-18-10-20-50-48-16-5-7-22-52(48)56-54(46)50/h1-34H. The molecule has 0 N–H and O–H groups in total. The van der Waals surface area contributed by atoms with E-state index < -0.39 is 0 Å². The first-order valence-electron chi connectivity index (χ1n) is 19.1. The van der Waals surface area contributed by atoms with E-state index in [1.54, 1.807) is 0 Å². The van der Waals surface area contributed by atoms with Gasteiger partial charge in [0.05, 0.1) is 0 Å². The van der Waals surface area contributed by atoms with Crippen molar-refractivity contribution in [1.29, 1.82) is 0 Å². The van der Waals surface area contributed by atoms with Crippen molar-refractivity contribution in [2.75, 3.05) is 0 Å². The third kappa shape index (κ3) is 5.51. The van der Waals surface area contributed by atoms with Gasteiger partial charge in [-0.1, -0.05) is 170 Å². The molecule has 2 heterocycles. The Morgan fingerprint density at radius 3 is 1.07 bits per heavy atom. The Kier molecular flexibility index (Phi) is 7.53. The Morgan fingerprint density at radius 2 is 0.554 bits per heavy atom. The molecule has 0 saturated carbocycles. The van der Waals surface area contributed by atoms with Gasteiger partial charge in [-0.25, -0.2) is 0 Å². The highest BCUT2D eigenvalue weighted by Crippen LogP contribution is 2.40. The molecule has 9 aromatic carbocycles. The molecule has 0 aliphatic heterocycles. The second kappa shape index (κ2) is 13.2. The fourth-order valence-electron chi connectivity index (χ4n) is 8.27. The minimum absolute atomic E-state index is 0.909. The van der Waals surface area contributed by atoms with Gasteiger partial charge < -0.3 is 8.83 Å². The van der Waals surface area contributed by atoms with Crippen LogP contribution in [0, 0.1) is 0 Å². The SMILES string of the molecule is c1ccc(-c2cccc(-c3cc(-c4ccc(-c5cccc6c5oc5ccccc56)cc4)cc(-c4ccc(-c5cccc6c5oc5ccccc56)cc4)c3)c2)cc1. The van der Waals surface area contributed by atoms with Crippen LogP contribution in [-0.4, -0.2) is 0 Å². The van der Waals surface area contributed by atoms with E-state index >= 15 is 0 Å². The molecule has 2 nitrogen and oxygen atoms in total. The average molecular weight is 715 g/mol. The van der Waals surface area contributed by atoms with Gasteiger partial charge in [0.2, 0.25) is 0 Å². The lowest BCUT2D eigenvalue weighted by atomic mass is 9.91. The van der Waals surface area contributed by atoms with Crippen molar-refractivity contribution < 1.29 is 8.83 Å². The molecular formula is C54H34O2. The Morgan fingerprint density at radius 1 is 0.214 bits per heavy atom. The first kappa shape index (κ1) is 32.0. The number of benzene rings is 9. The minimum atomic E-state index is 0.909. The molecule has 11 rings (SSSR count). The van der Waals surface area contributed by atoms with Gasteiger partial charge in [0, 0.05) is 32.7 Å². The Labute approximate surface area is 324 Å². The van der Waals surface area contributed by atoms with Crippen LogP contribution < -0.4 is 0 Å². The lowest BCUT2D eigenvalue weighted by molar-refractivity contribution is 0.669. The fourth-order valence-corrected chi connectivity index (χ4v) is 8.27. The number of hydrogen-bond acceptors (Lipinski definition) is 2. The summed E-state index contributed by atoms with van der Waals surface area (Å²) < 4.78 is 12.8. The topological polar surface area (TPSA) is 26.3 Å². The Bertz CT molecular complexity index is 3040. The van der Waals surface area contributed by atoms with Crippen molar-refractivity contribution in [2.24, 2.45) is 0 Å². The third-order valence-corrected chi connectivity index (χ3v) is 11.1. The predicted octanol–water partition coefficient (Wildman–Crippen LogP) is 15.5. The summed E-state index contributed by atoms with van der Waals surface area (Å²) in [6.45, 7) is 0. The van der Waals surface area contributed by atoms with Crippen LogP contribution in [0.5, 0.6) is 0 Å². The van der Waals surface area contributed by atoms with E-state index in [1.807, 2.05) is 24.3 Å². The molecule has 0 radical (unpaired) electrons. The summed E-state index contributed by atoms with van der Waals surface area (Å²) in [7, 11) is 0. The van der Waals surface area contributed by atoms with E-state index in [-0.39, 0.29) is 0 Å². The molecule has 0 saturated heterocycles. The van der Waals surface area contributed by atoms with Gasteiger partial charge in [-0.3, -0.25) is 0 Å². The van der Waals surface area contributed by atoms with Crippen LogP contribution in [0.3, 0.4) is 0 Å². The Hall–Kier alpha value is -7.42. The molecule has 262 valence electrons. The van der Waals surface area contributed by atoms with Crippen LogP contribution in [0.15, 0.2) is 215 Å². The summed E-state index contributed by atoms with van der Waals surface area (Å²) in [4.78, 5) is 0. The van der Waals surface area contributed by atoms with Gasteiger partial charge in [-0.15, -0.1) is 0 Å². The van der Waals surface area contributed by atoms with E-state index in [0.717, 1.165) is 88.4 Å². The smallest absolute Gasteiger partial charge is 0.143 e. The molecule has 2 heteroatoms. The molecule has 0 unspecified atom stereocenters. The van der Waals surface area contributed by atoms with Crippen LogP contribution in [0.4, 0.5) is 0 Å². The number of hydrogen-bond donors (Lipinski definition) is 0. The first-order chi connectivity index (χ1) is 27.7. The van der Waals surface area contributed by atoms with Crippen LogP contribution in [0.25, 0.3) is 111 Å². The molecule has 0 aliphatic rings. The first-order valence-corrected chi connectivity index (χ1v) is 19.1. The zero-order valence-corrected chi connectivity index (χ0v) is 30.4. The summed E-state index contributed by atoms with van der Waals surface area (Å²) in [5.41, 5.74) is 17.5. The zero-order valence-electron chi connectivity index (χ0n) is 30.4. The van der Waals surface area contributed by atoms with Crippen LogP contribution in [-0.2, 0) is 0 Å². The summed E-state index contributed by atoms with van der Waals surface area (Å²) in [6, 6.07) is 73.5. The van der Waals surface area contributed by atoms with Crippen molar-refractivity contribution in [3.8, 4) is 66.8 Å². The summed E-state index contributed by atoms with van der Waals surface area (Å²) in [5, 5.41) is 4.55. The van der Waals surface area contributed by atoms with Gasteiger partial charge in [-0.05, 0) is 92.0 Å². The molecule has 0 atom stereocenters. The molecule has 0 aliphatic carbocycles. The summed E-state index contributed by atoms with van der Waals surface area (Å²) in [6.07, 6.45) is 0. The monoisotopic (exact) mass is 714 g/mol. The van der Waals surface area contributed by atoms with Gasteiger partial charge >= 0.3 is 0 Å². The number of fused-ring (bicyclic) bond motifs is 6. The van der Waals surface area contributed by atoms with E-state index in [9.17, 15) is 0 Å². The van der Waals surface area contributed by atoms with E-state index in [1.165, 1.54) is 22.3 Å². The molecule has 0 spiro atoms. The van der Waals surface area contributed by atoms with Crippen LogP contribution >= 0.6 is 0 Å². The van der Waals surface area contributed by atoms with Crippen molar-refractivity contribution in [1.82, 2.24) is 0 Å². The fraction of sp³-hybridized carbons (Fsp3) is 0. The second-order valence-corrected chi connectivity index (χ2v) is 14.5. The highest BCUT2D eigenvalue weighted by Gasteiger charge is 2.15. The third-order valence-electron chi connectivity index (χ3n) is 11.1. The van der Waals surface area contributed by atoms with Gasteiger partial charge in [0.1, 0.15) is 22.3 Å². The average Bonchev–Trinajstić information content (AvgIpc) is 3.86. The highest BCUT2D eigenvalue weighted by molar-refractivity contribution is 6.10. The maximum absolute atomic E-state index is 6.39. The lowest BCUT2D eigenvalue weighted by Gasteiger charge is -2.13. The summed E-state index contributed by atoms with van der Waals surface area (Å²) in [5.74, 6) is 0. The molecule has 11 aromatic rings. The van der Waals surface area contributed by atoms with Crippen molar-refractivity contribution in [3.05, 3.63) is 206 Å². The largest absolute Gasteiger partial charge is 0.455 e. The van der Waals surface area contributed by atoms with E-state index in [0.29, 0.717) is 0 Å². The predicted molar refractivity (Wildman–Crippen MR) is 234 cm³/mol. The highest BCUT2D eigenvalue weighted by atomic mass is 16.3. The molecular weight excluding hydrogens is 681 g/mol. The maximum Gasteiger partial charge on any atom is 0.143 e. The van der Waals surface area contributed by atoms with Crippen LogP contribution in [0.2, 0.25) is 0 Å². The number of rotatable bonds is 6. The quantitative estimate of drug-likeness (QED) is 0.171. The van der Waals surface area contributed by atoms with Crippen molar-refractivity contribution in [3.63, 3.8) is 0 Å². The molecule has 2 aromatic heterocycles. The van der Waals surface area contributed by atoms with Gasteiger partial charge in [0.25, 0.3) is 0 Å². The molecule has 0 amide bonds. The van der Waals surface area contributed by atoms with Crippen LogP contribution in [0.1, 0.15) is 0 Å². The van der Waals surface area contributed by atoms with E-state index in [2.05, 4.69) is 182 Å². The lowest BCUT2D eigenvalue weighted by Crippen LogP contribution is -1.88. The minimum Gasteiger partial charge on any atom is -0.455 e. The zero-order chi connectivity index (χ0) is 37.0. The molecule has 56 heavy (non-hydrogen) atoms. The van der Waals surface area contributed by atoms with Crippen molar-refractivity contribution in [2.45, 2.75) is 0 Å². The molecule has 0 fully saturated rings. The number of para-hydroxylation sites is 4. The molecule has 0 bridgehead atoms. The maximum atomic E-state index is 6.39. The second-order valence-electron chi connectivity index (χ2n) is 14.5. The van der Waals surface area contributed by atoms with Gasteiger partial charge in [0.15, 0.2) is 0 Å². The van der Waals surface area contributed by atoms with Crippen molar-refractivity contribution >= 4 is 43.9 Å². The van der Waals surface area contributed by atoms with E-state index in [4.69, 9.17) is 8.83 Å². The normalized spacial score (nSPS) is 11.6.